The molecule has 0 bridgehead atoms. The van der Waals surface area contributed by atoms with E-state index in [1.165, 1.54) is 42.1 Å². The standard InChI is InChI=1S/C20H13N3O7S/c24-16(11-30-19(25)12-4-1-5-13(10-12)23(26)27)21-20-22-17(14-6-2-8-28-14)18(31-20)15-7-3-9-29-15/h1-10H,11H2,(H,21,22,24). The van der Waals surface area contributed by atoms with Crippen LogP contribution in [-0.4, -0.2) is 28.4 Å². The van der Waals surface area contributed by atoms with E-state index in [0.29, 0.717) is 22.1 Å². The fourth-order valence-corrected chi connectivity index (χ4v) is 3.60. The average molecular weight is 439 g/mol. The Morgan fingerprint density at radius 1 is 1.10 bits per heavy atom. The number of nitrogens with zero attached hydrogens (tertiary/aromatic N) is 2. The Labute approximate surface area is 178 Å². The van der Waals surface area contributed by atoms with E-state index in [4.69, 9.17) is 13.6 Å². The number of hydrogen-bond acceptors (Lipinski definition) is 9. The number of anilines is 1. The van der Waals surface area contributed by atoms with E-state index >= 15 is 0 Å². The van der Waals surface area contributed by atoms with Gasteiger partial charge in [0, 0.05) is 12.1 Å². The van der Waals surface area contributed by atoms with Gasteiger partial charge in [0.05, 0.1) is 23.0 Å². The Hall–Kier alpha value is -4.25. The van der Waals surface area contributed by atoms with E-state index in [-0.39, 0.29) is 16.4 Å². The summed E-state index contributed by atoms with van der Waals surface area (Å²) in [6.45, 7) is -0.590. The van der Waals surface area contributed by atoms with Crippen LogP contribution in [0, 0.1) is 10.1 Å². The zero-order valence-electron chi connectivity index (χ0n) is 15.6. The summed E-state index contributed by atoms with van der Waals surface area (Å²) in [5.41, 5.74) is 0.211. The van der Waals surface area contributed by atoms with Crippen molar-refractivity contribution in [3.05, 3.63) is 76.7 Å². The van der Waals surface area contributed by atoms with Crippen LogP contribution in [-0.2, 0) is 9.53 Å². The summed E-state index contributed by atoms with van der Waals surface area (Å²) in [5, 5.41) is 13.6. The van der Waals surface area contributed by atoms with Crippen LogP contribution < -0.4 is 5.32 Å². The fourth-order valence-electron chi connectivity index (χ4n) is 2.64. The molecule has 31 heavy (non-hydrogen) atoms. The average Bonchev–Trinajstić information content (AvgIpc) is 3.53. The van der Waals surface area contributed by atoms with E-state index in [0.717, 1.165) is 6.07 Å². The number of nitro benzene ring substituents is 1. The van der Waals surface area contributed by atoms with Crippen LogP contribution in [0.1, 0.15) is 10.4 Å². The van der Waals surface area contributed by atoms with Crippen molar-refractivity contribution in [1.29, 1.82) is 0 Å². The topological polar surface area (TPSA) is 138 Å². The van der Waals surface area contributed by atoms with Crippen LogP contribution in [0.3, 0.4) is 0 Å². The maximum Gasteiger partial charge on any atom is 0.338 e. The lowest BCUT2D eigenvalue weighted by atomic mass is 10.2. The second-order valence-corrected chi connectivity index (χ2v) is 7.08. The van der Waals surface area contributed by atoms with Crippen molar-refractivity contribution in [2.45, 2.75) is 0 Å². The SMILES string of the molecule is O=C(COC(=O)c1cccc([N+](=O)[O-])c1)Nc1nc(-c2ccco2)c(-c2ccco2)s1. The summed E-state index contributed by atoms with van der Waals surface area (Å²) in [6, 6.07) is 12.0. The first-order valence-corrected chi connectivity index (χ1v) is 9.63. The van der Waals surface area contributed by atoms with Gasteiger partial charge >= 0.3 is 5.97 Å². The molecule has 0 spiro atoms. The van der Waals surface area contributed by atoms with Crippen molar-refractivity contribution in [2.75, 3.05) is 11.9 Å². The third-order valence-corrected chi connectivity index (χ3v) is 4.99. The number of benzene rings is 1. The van der Waals surface area contributed by atoms with Gasteiger partial charge in [-0.3, -0.25) is 20.2 Å². The number of rotatable bonds is 7. The quantitative estimate of drug-likeness (QED) is 0.255. The number of amides is 1. The van der Waals surface area contributed by atoms with Crippen molar-refractivity contribution in [3.63, 3.8) is 0 Å². The summed E-state index contributed by atoms with van der Waals surface area (Å²) >= 11 is 1.17. The van der Waals surface area contributed by atoms with Gasteiger partial charge in [0.1, 0.15) is 16.3 Å². The molecule has 0 atom stereocenters. The molecular weight excluding hydrogens is 426 g/mol. The number of thiazole rings is 1. The first kappa shape index (κ1) is 20.0. The van der Waals surface area contributed by atoms with E-state index in [1.807, 2.05) is 0 Å². The molecule has 11 heteroatoms. The number of ether oxygens (including phenoxy) is 1. The van der Waals surface area contributed by atoms with E-state index < -0.39 is 23.4 Å². The lowest BCUT2D eigenvalue weighted by Crippen LogP contribution is -2.20. The number of non-ortho nitro benzene ring substituents is 1. The number of hydrogen-bond donors (Lipinski definition) is 1. The van der Waals surface area contributed by atoms with Crippen LogP contribution in [0.2, 0.25) is 0 Å². The molecule has 0 radical (unpaired) electrons. The van der Waals surface area contributed by atoms with E-state index in [1.54, 1.807) is 24.3 Å². The van der Waals surface area contributed by atoms with E-state index in [2.05, 4.69) is 10.3 Å². The number of furan rings is 2. The van der Waals surface area contributed by atoms with Gasteiger partial charge < -0.3 is 13.6 Å². The largest absolute Gasteiger partial charge is 0.463 e. The van der Waals surface area contributed by atoms with Gasteiger partial charge in [0.25, 0.3) is 11.6 Å². The van der Waals surface area contributed by atoms with Gasteiger partial charge in [0.15, 0.2) is 17.5 Å². The molecule has 156 valence electrons. The first-order chi connectivity index (χ1) is 15.0. The summed E-state index contributed by atoms with van der Waals surface area (Å²) < 4.78 is 15.8. The summed E-state index contributed by atoms with van der Waals surface area (Å²) in [5.74, 6) is -0.420. The molecular formula is C20H13N3O7S. The minimum absolute atomic E-state index is 0.0311. The molecule has 4 aromatic rings. The lowest BCUT2D eigenvalue weighted by molar-refractivity contribution is -0.384. The van der Waals surface area contributed by atoms with Crippen molar-refractivity contribution in [2.24, 2.45) is 0 Å². The molecule has 1 N–H and O–H groups in total. The Balaban J connectivity index is 1.44. The van der Waals surface area contributed by atoms with Crippen molar-refractivity contribution in [1.82, 2.24) is 4.98 Å². The molecule has 0 aliphatic carbocycles. The van der Waals surface area contributed by atoms with Crippen LogP contribution >= 0.6 is 11.3 Å². The minimum atomic E-state index is -0.856. The zero-order valence-corrected chi connectivity index (χ0v) is 16.5. The van der Waals surface area contributed by atoms with Gasteiger partial charge in [-0.05, 0) is 30.3 Å². The molecule has 4 rings (SSSR count). The van der Waals surface area contributed by atoms with Crippen molar-refractivity contribution in [3.8, 4) is 22.1 Å². The number of nitrogens with one attached hydrogen (secondary N) is 1. The predicted octanol–water partition coefficient (Wildman–Crippen LogP) is 4.37. The third kappa shape index (κ3) is 4.51. The summed E-state index contributed by atoms with van der Waals surface area (Å²) in [4.78, 5) is 39.6. The number of nitro groups is 1. The molecule has 0 saturated carbocycles. The Bertz CT molecular complexity index is 1180. The molecule has 0 saturated heterocycles. The van der Waals surface area contributed by atoms with Crippen LogP contribution in [0.4, 0.5) is 10.8 Å². The highest BCUT2D eigenvalue weighted by molar-refractivity contribution is 7.19. The highest BCUT2D eigenvalue weighted by Crippen LogP contribution is 2.39. The second-order valence-electron chi connectivity index (χ2n) is 6.08. The number of esters is 1. The number of carbonyl (C=O) groups is 2. The van der Waals surface area contributed by atoms with Gasteiger partial charge in [-0.25, -0.2) is 9.78 Å². The summed E-state index contributed by atoms with van der Waals surface area (Å²) in [6.07, 6.45) is 3.03. The fraction of sp³-hybridized carbons (Fsp3) is 0.0500. The normalized spacial score (nSPS) is 10.6. The monoisotopic (exact) mass is 439 g/mol. The molecule has 0 unspecified atom stereocenters. The maximum absolute atomic E-state index is 12.2. The zero-order chi connectivity index (χ0) is 21.8. The molecule has 10 nitrogen and oxygen atoms in total. The molecule has 0 aliphatic heterocycles. The van der Waals surface area contributed by atoms with Gasteiger partial charge in [-0.15, -0.1) is 0 Å². The van der Waals surface area contributed by atoms with Crippen LogP contribution in [0.15, 0.2) is 69.9 Å². The molecule has 3 aromatic heterocycles. The molecule has 1 amide bonds. The van der Waals surface area contributed by atoms with Crippen LogP contribution in [0.25, 0.3) is 22.1 Å². The molecule has 3 heterocycles. The summed E-state index contributed by atoms with van der Waals surface area (Å²) in [7, 11) is 0. The van der Waals surface area contributed by atoms with Crippen molar-refractivity contribution >= 4 is 34.0 Å². The number of aromatic nitrogens is 1. The maximum atomic E-state index is 12.2. The van der Waals surface area contributed by atoms with Gasteiger partial charge in [-0.1, -0.05) is 17.4 Å². The van der Waals surface area contributed by atoms with E-state index in [9.17, 15) is 19.7 Å². The van der Waals surface area contributed by atoms with Gasteiger partial charge in [0.2, 0.25) is 0 Å². The number of carbonyl (C=O) groups excluding carboxylic acids is 2. The predicted molar refractivity (Wildman–Crippen MR) is 110 cm³/mol. The molecule has 0 fully saturated rings. The van der Waals surface area contributed by atoms with Crippen LogP contribution in [0.5, 0.6) is 0 Å². The minimum Gasteiger partial charge on any atom is -0.463 e. The molecule has 1 aromatic carbocycles. The third-order valence-electron chi connectivity index (χ3n) is 4.00. The molecule has 0 aliphatic rings. The second kappa shape index (κ2) is 8.63. The smallest absolute Gasteiger partial charge is 0.338 e. The van der Waals surface area contributed by atoms with Gasteiger partial charge in [-0.2, -0.15) is 0 Å². The Kier molecular flexibility index (Phi) is 5.58. The highest BCUT2D eigenvalue weighted by Gasteiger charge is 2.20. The lowest BCUT2D eigenvalue weighted by Gasteiger charge is -2.04. The first-order valence-electron chi connectivity index (χ1n) is 8.81. The Morgan fingerprint density at radius 2 is 1.84 bits per heavy atom. The van der Waals surface area contributed by atoms with Crippen molar-refractivity contribution < 1.29 is 28.1 Å². The highest BCUT2D eigenvalue weighted by atomic mass is 32.1. The Morgan fingerprint density at radius 3 is 2.52 bits per heavy atom.